The Morgan fingerprint density at radius 2 is 2.12 bits per heavy atom. The van der Waals surface area contributed by atoms with E-state index in [-0.39, 0.29) is 0 Å². The van der Waals surface area contributed by atoms with Gasteiger partial charge in [-0.15, -0.1) is 0 Å². The molecule has 2 aromatic rings. The molecule has 1 atom stereocenters. The lowest BCUT2D eigenvalue weighted by molar-refractivity contribution is 0.705. The lowest BCUT2D eigenvalue weighted by atomic mass is 10.1. The minimum atomic E-state index is 0.403. The molecule has 0 saturated carbocycles. The van der Waals surface area contributed by atoms with Gasteiger partial charge in [-0.3, -0.25) is 0 Å². The van der Waals surface area contributed by atoms with E-state index in [9.17, 15) is 0 Å². The molecular formula is C13H17N3S. The molecule has 0 bridgehead atoms. The van der Waals surface area contributed by atoms with Crippen molar-refractivity contribution in [1.29, 1.82) is 0 Å². The van der Waals surface area contributed by atoms with Crippen LogP contribution in [0.25, 0.3) is 0 Å². The Morgan fingerprint density at radius 1 is 1.35 bits per heavy atom. The van der Waals surface area contributed by atoms with Gasteiger partial charge in [-0.25, -0.2) is 4.98 Å². The molecule has 1 aromatic heterocycles. The minimum absolute atomic E-state index is 0.403. The number of thiazole rings is 1. The van der Waals surface area contributed by atoms with E-state index < -0.39 is 0 Å². The third kappa shape index (κ3) is 3.75. The summed E-state index contributed by atoms with van der Waals surface area (Å²) in [5, 5.41) is 5.02. The zero-order chi connectivity index (χ0) is 12.1. The zero-order valence-corrected chi connectivity index (χ0v) is 10.7. The Kier molecular flexibility index (Phi) is 3.98. The number of nitrogens with one attached hydrogen (secondary N) is 1. The number of aromatic nitrogens is 1. The predicted molar refractivity (Wildman–Crippen MR) is 74.4 cm³/mol. The first-order valence-corrected chi connectivity index (χ1v) is 6.57. The van der Waals surface area contributed by atoms with E-state index in [1.165, 1.54) is 16.9 Å². The maximum Gasteiger partial charge on any atom is 0.184 e. The molecule has 3 N–H and O–H groups in total. The van der Waals surface area contributed by atoms with Crippen LogP contribution in [0.15, 0.2) is 36.5 Å². The van der Waals surface area contributed by atoms with Crippen molar-refractivity contribution in [2.75, 3.05) is 11.1 Å². The second-order valence-corrected chi connectivity index (χ2v) is 5.20. The third-order valence-corrected chi connectivity index (χ3v) is 3.36. The molecular weight excluding hydrogens is 230 g/mol. The van der Waals surface area contributed by atoms with Gasteiger partial charge in [-0.05, 0) is 25.3 Å². The Balaban J connectivity index is 1.80. The summed E-state index contributed by atoms with van der Waals surface area (Å²) in [6.07, 6.45) is 3.86. The standard InChI is InChI=1S/C13H17N3S/c1-10(16-13-15-9-12(14)17-13)7-8-11-5-3-2-4-6-11/h2-6,9-10H,7-8,14H2,1H3,(H,15,16). The van der Waals surface area contributed by atoms with Gasteiger partial charge in [0.15, 0.2) is 5.13 Å². The molecule has 1 unspecified atom stereocenters. The molecule has 0 amide bonds. The molecule has 0 aliphatic rings. The average molecular weight is 247 g/mol. The molecule has 0 aliphatic heterocycles. The number of rotatable bonds is 5. The molecule has 90 valence electrons. The van der Waals surface area contributed by atoms with Crippen molar-refractivity contribution < 1.29 is 0 Å². The fraction of sp³-hybridized carbons (Fsp3) is 0.308. The summed E-state index contributed by atoms with van der Waals surface area (Å²) >= 11 is 1.49. The van der Waals surface area contributed by atoms with Crippen molar-refractivity contribution in [3.05, 3.63) is 42.1 Å². The summed E-state index contributed by atoms with van der Waals surface area (Å²) < 4.78 is 0. The Labute approximate surface area is 106 Å². The quantitative estimate of drug-likeness (QED) is 0.853. The van der Waals surface area contributed by atoms with E-state index in [2.05, 4.69) is 41.5 Å². The van der Waals surface area contributed by atoms with Gasteiger partial charge >= 0.3 is 0 Å². The van der Waals surface area contributed by atoms with E-state index in [1.807, 2.05) is 6.07 Å². The van der Waals surface area contributed by atoms with Crippen LogP contribution < -0.4 is 11.1 Å². The highest BCUT2D eigenvalue weighted by molar-refractivity contribution is 7.19. The number of hydrogen-bond acceptors (Lipinski definition) is 4. The first-order chi connectivity index (χ1) is 8.24. The predicted octanol–water partition coefficient (Wildman–Crippen LogP) is 3.16. The second-order valence-electron chi connectivity index (χ2n) is 4.14. The molecule has 0 fully saturated rings. The molecule has 0 radical (unpaired) electrons. The van der Waals surface area contributed by atoms with Crippen LogP contribution in [0.1, 0.15) is 18.9 Å². The summed E-state index contributed by atoms with van der Waals surface area (Å²) in [7, 11) is 0. The van der Waals surface area contributed by atoms with Gasteiger partial charge in [-0.1, -0.05) is 41.7 Å². The van der Waals surface area contributed by atoms with E-state index in [4.69, 9.17) is 5.73 Å². The Hall–Kier alpha value is -1.55. The van der Waals surface area contributed by atoms with Crippen LogP contribution in [0, 0.1) is 0 Å². The van der Waals surface area contributed by atoms with E-state index in [1.54, 1.807) is 6.20 Å². The van der Waals surface area contributed by atoms with Crippen LogP contribution >= 0.6 is 11.3 Å². The van der Waals surface area contributed by atoms with Gasteiger partial charge < -0.3 is 11.1 Å². The number of aryl methyl sites for hydroxylation is 1. The van der Waals surface area contributed by atoms with E-state index >= 15 is 0 Å². The summed E-state index contributed by atoms with van der Waals surface area (Å²) in [5.74, 6) is 0. The fourth-order valence-corrected chi connectivity index (χ4v) is 2.36. The first kappa shape index (κ1) is 11.9. The number of nitrogen functional groups attached to an aromatic ring is 1. The second kappa shape index (κ2) is 5.68. The highest BCUT2D eigenvalue weighted by atomic mass is 32.1. The number of benzene rings is 1. The first-order valence-electron chi connectivity index (χ1n) is 5.76. The van der Waals surface area contributed by atoms with E-state index in [0.717, 1.165) is 23.0 Å². The summed E-state index contributed by atoms with van der Waals surface area (Å²) in [6.45, 7) is 2.17. The lowest BCUT2D eigenvalue weighted by Crippen LogP contribution is -2.15. The van der Waals surface area contributed by atoms with Crippen LogP contribution in [0.5, 0.6) is 0 Å². The van der Waals surface area contributed by atoms with Crippen molar-refractivity contribution in [1.82, 2.24) is 4.98 Å². The van der Waals surface area contributed by atoms with Crippen LogP contribution in [0.4, 0.5) is 10.1 Å². The Morgan fingerprint density at radius 3 is 2.76 bits per heavy atom. The Bertz CT molecular complexity index is 453. The van der Waals surface area contributed by atoms with Crippen LogP contribution in [-0.4, -0.2) is 11.0 Å². The van der Waals surface area contributed by atoms with Gasteiger partial charge in [-0.2, -0.15) is 0 Å². The molecule has 1 heterocycles. The van der Waals surface area contributed by atoms with Gasteiger partial charge in [0.25, 0.3) is 0 Å². The fourth-order valence-electron chi connectivity index (χ4n) is 1.66. The molecule has 0 spiro atoms. The molecule has 1 aromatic carbocycles. The molecule has 4 heteroatoms. The number of nitrogens with zero attached hydrogens (tertiary/aromatic N) is 1. The van der Waals surface area contributed by atoms with Gasteiger partial charge in [0.2, 0.25) is 0 Å². The monoisotopic (exact) mass is 247 g/mol. The van der Waals surface area contributed by atoms with Gasteiger partial charge in [0.1, 0.15) is 5.00 Å². The van der Waals surface area contributed by atoms with Gasteiger partial charge in [0.05, 0.1) is 6.20 Å². The molecule has 3 nitrogen and oxygen atoms in total. The number of hydrogen-bond donors (Lipinski definition) is 2. The van der Waals surface area contributed by atoms with Crippen molar-refractivity contribution >= 4 is 21.5 Å². The molecule has 0 saturated heterocycles. The average Bonchev–Trinajstić information content (AvgIpc) is 2.73. The minimum Gasteiger partial charge on any atom is -0.389 e. The summed E-state index contributed by atoms with van der Waals surface area (Å²) in [4.78, 5) is 4.19. The topological polar surface area (TPSA) is 50.9 Å². The highest BCUT2D eigenvalue weighted by Crippen LogP contribution is 2.21. The van der Waals surface area contributed by atoms with Crippen molar-refractivity contribution in [3.63, 3.8) is 0 Å². The lowest BCUT2D eigenvalue weighted by Gasteiger charge is -2.12. The molecule has 2 rings (SSSR count). The van der Waals surface area contributed by atoms with Gasteiger partial charge in [0, 0.05) is 6.04 Å². The third-order valence-electron chi connectivity index (χ3n) is 2.60. The molecule has 0 aliphatic carbocycles. The number of anilines is 2. The summed E-state index contributed by atoms with van der Waals surface area (Å²) in [5.41, 5.74) is 7.01. The maximum atomic E-state index is 5.64. The normalized spacial score (nSPS) is 12.3. The van der Waals surface area contributed by atoms with Crippen molar-refractivity contribution in [3.8, 4) is 0 Å². The largest absolute Gasteiger partial charge is 0.389 e. The SMILES string of the molecule is CC(CCc1ccccc1)Nc1ncc(N)s1. The smallest absolute Gasteiger partial charge is 0.184 e. The van der Waals surface area contributed by atoms with Crippen LogP contribution in [-0.2, 0) is 6.42 Å². The molecule has 17 heavy (non-hydrogen) atoms. The van der Waals surface area contributed by atoms with Crippen LogP contribution in [0.3, 0.4) is 0 Å². The summed E-state index contributed by atoms with van der Waals surface area (Å²) in [6, 6.07) is 10.9. The van der Waals surface area contributed by atoms with E-state index in [0.29, 0.717) is 6.04 Å². The van der Waals surface area contributed by atoms with Crippen LogP contribution in [0.2, 0.25) is 0 Å². The zero-order valence-electron chi connectivity index (χ0n) is 9.89. The highest BCUT2D eigenvalue weighted by Gasteiger charge is 2.05. The number of nitrogens with two attached hydrogens (primary N) is 1. The van der Waals surface area contributed by atoms with Crippen molar-refractivity contribution in [2.45, 2.75) is 25.8 Å². The maximum absolute atomic E-state index is 5.64. The van der Waals surface area contributed by atoms with Crippen molar-refractivity contribution in [2.24, 2.45) is 0 Å².